The van der Waals surface area contributed by atoms with Crippen molar-refractivity contribution < 1.29 is 37.1 Å². The van der Waals surface area contributed by atoms with Crippen molar-refractivity contribution in [2.45, 2.75) is 19.6 Å². The summed E-state index contributed by atoms with van der Waals surface area (Å²) in [6, 6.07) is 0. The van der Waals surface area contributed by atoms with Gasteiger partial charge in [0.2, 0.25) is 0 Å². The van der Waals surface area contributed by atoms with E-state index in [1.54, 1.807) is 7.11 Å². The second kappa shape index (κ2) is 4.19. The Kier molecular flexibility index (Phi) is 6.66. The molecule has 0 aromatic carbocycles. The first-order valence-corrected chi connectivity index (χ1v) is 5.52. The van der Waals surface area contributed by atoms with E-state index in [1.165, 1.54) is 0 Å². The minimum absolute atomic E-state index is 0. The molecule has 0 N–H and O–H groups in total. The molecule has 0 spiro atoms. The van der Waals surface area contributed by atoms with Crippen LogP contribution < -0.4 is 0 Å². The summed E-state index contributed by atoms with van der Waals surface area (Å²) in [5.74, 6) is 0. The summed E-state index contributed by atoms with van der Waals surface area (Å²) in [6.07, 6.45) is 0. The second-order valence-corrected chi connectivity index (χ2v) is 6.95. The van der Waals surface area contributed by atoms with Crippen LogP contribution in [0.2, 0.25) is 19.6 Å². The maximum atomic E-state index is 5.08. The minimum atomic E-state index is -1.13. The Hall–Kier alpha value is 1.28. The van der Waals surface area contributed by atoms with E-state index in [1.807, 2.05) is 0 Å². The van der Waals surface area contributed by atoms with Crippen molar-refractivity contribution in [3.8, 4) is 0 Å². The Balaban J connectivity index is 0. The van der Waals surface area contributed by atoms with Crippen LogP contribution in [0.1, 0.15) is 0 Å². The van der Waals surface area contributed by atoms with Gasteiger partial charge in [0.05, 0.1) is 0 Å². The van der Waals surface area contributed by atoms with Gasteiger partial charge in [0.25, 0.3) is 0 Å². The summed E-state index contributed by atoms with van der Waals surface area (Å²) in [7, 11) is 0.639. The zero-order chi connectivity index (χ0) is 5.21. The van der Waals surface area contributed by atoms with Gasteiger partial charge in [-0.15, -0.1) is 0 Å². The molecule has 0 unspecified atom stereocenters. The van der Waals surface area contributed by atoms with Crippen LogP contribution in [0, 0.1) is 0 Å². The number of rotatable bonds is 1. The van der Waals surface area contributed by atoms with Gasteiger partial charge in [-0.25, -0.2) is 0 Å². The summed E-state index contributed by atoms with van der Waals surface area (Å²) >= 11 is 0. The molecule has 0 fully saturated rings. The maximum absolute atomic E-state index is 5.08. The van der Waals surface area contributed by atoms with Crippen LogP contribution in [-0.4, -0.2) is 15.4 Å². The van der Waals surface area contributed by atoms with Crippen molar-refractivity contribution >= 4 is 8.32 Å². The molecular formula is C4H12OSiY. The standard InChI is InChI=1S/C4H12OSi.Y/c1-5-6(2,3)4;/h1-4H3;. The van der Waals surface area contributed by atoms with Crippen LogP contribution in [0.15, 0.2) is 0 Å². The van der Waals surface area contributed by atoms with E-state index in [4.69, 9.17) is 4.43 Å². The molecule has 0 aliphatic heterocycles. The molecule has 0 atom stereocenters. The Labute approximate surface area is 71.8 Å². The third-order valence-electron chi connectivity index (χ3n) is 0.612. The fraction of sp³-hybridized carbons (Fsp3) is 1.00. The molecule has 3 heteroatoms. The van der Waals surface area contributed by atoms with Crippen molar-refractivity contribution in [2.24, 2.45) is 0 Å². The quantitative estimate of drug-likeness (QED) is 0.573. The van der Waals surface area contributed by atoms with Crippen LogP contribution >= 0.6 is 0 Å². The van der Waals surface area contributed by atoms with Crippen LogP contribution in [0.25, 0.3) is 0 Å². The van der Waals surface area contributed by atoms with E-state index in [9.17, 15) is 0 Å². The SMILES string of the molecule is CO[Si](C)(C)C.[Y]. The van der Waals surface area contributed by atoms with Gasteiger partial charge in [0, 0.05) is 39.8 Å². The van der Waals surface area contributed by atoms with Crippen molar-refractivity contribution in [1.29, 1.82) is 0 Å². The van der Waals surface area contributed by atoms with Gasteiger partial charge in [0.15, 0.2) is 8.32 Å². The van der Waals surface area contributed by atoms with E-state index in [0.29, 0.717) is 0 Å². The Morgan fingerprint density at radius 1 is 1.14 bits per heavy atom. The third-order valence-corrected chi connectivity index (χ3v) is 1.84. The Morgan fingerprint density at radius 3 is 1.29 bits per heavy atom. The van der Waals surface area contributed by atoms with Crippen LogP contribution in [0.5, 0.6) is 0 Å². The predicted molar refractivity (Wildman–Crippen MR) is 30.4 cm³/mol. The molecule has 7 heavy (non-hydrogen) atoms. The average Bonchev–Trinajstić information content (AvgIpc) is 1.35. The van der Waals surface area contributed by atoms with E-state index < -0.39 is 8.32 Å². The molecule has 41 valence electrons. The van der Waals surface area contributed by atoms with Crippen molar-refractivity contribution in [3.63, 3.8) is 0 Å². The molecule has 0 heterocycles. The first-order valence-electron chi connectivity index (χ1n) is 2.11. The molecular weight excluding hydrogens is 181 g/mol. The molecule has 0 rings (SSSR count). The largest absolute Gasteiger partial charge is 0.421 e. The zero-order valence-electron chi connectivity index (χ0n) is 5.49. The van der Waals surface area contributed by atoms with E-state index in [0.717, 1.165) is 0 Å². The first kappa shape index (κ1) is 11.1. The maximum Gasteiger partial charge on any atom is 0.183 e. The van der Waals surface area contributed by atoms with Crippen LogP contribution in [-0.2, 0) is 37.1 Å². The fourth-order valence-corrected chi connectivity index (χ4v) is 0. The molecule has 1 nitrogen and oxygen atoms in total. The van der Waals surface area contributed by atoms with E-state index >= 15 is 0 Å². The Morgan fingerprint density at radius 2 is 1.29 bits per heavy atom. The normalized spacial score (nSPS) is 10.3. The molecule has 0 saturated carbocycles. The van der Waals surface area contributed by atoms with Gasteiger partial charge in [-0.2, -0.15) is 0 Å². The Bertz CT molecular complexity index is 41.4. The minimum Gasteiger partial charge on any atom is -0.421 e. The number of hydrogen-bond acceptors (Lipinski definition) is 1. The molecule has 0 saturated heterocycles. The molecule has 0 aliphatic rings. The molecule has 0 bridgehead atoms. The first-order chi connectivity index (χ1) is 2.56. The summed E-state index contributed by atoms with van der Waals surface area (Å²) in [5.41, 5.74) is 0. The van der Waals surface area contributed by atoms with Gasteiger partial charge in [-0.1, -0.05) is 0 Å². The van der Waals surface area contributed by atoms with Gasteiger partial charge in [-0.05, 0) is 19.6 Å². The van der Waals surface area contributed by atoms with E-state index in [2.05, 4.69) is 19.6 Å². The molecule has 1 radical (unpaired) electrons. The molecule has 0 aliphatic carbocycles. The third kappa shape index (κ3) is 11.1. The van der Waals surface area contributed by atoms with Crippen LogP contribution in [0.3, 0.4) is 0 Å². The summed E-state index contributed by atoms with van der Waals surface area (Å²) in [5, 5.41) is 0. The monoisotopic (exact) mass is 193 g/mol. The number of hydrogen-bond donors (Lipinski definition) is 0. The van der Waals surface area contributed by atoms with Crippen molar-refractivity contribution in [3.05, 3.63) is 0 Å². The summed E-state index contributed by atoms with van der Waals surface area (Å²) in [4.78, 5) is 0. The molecule has 0 aromatic heterocycles. The average molecular weight is 193 g/mol. The summed E-state index contributed by atoms with van der Waals surface area (Å²) < 4.78 is 5.08. The smallest absolute Gasteiger partial charge is 0.183 e. The van der Waals surface area contributed by atoms with E-state index in [-0.39, 0.29) is 32.7 Å². The van der Waals surface area contributed by atoms with Gasteiger partial charge < -0.3 is 4.43 Å². The van der Waals surface area contributed by atoms with Gasteiger partial charge in [0.1, 0.15) is 0 Å². The zero-order valence-corrected chi connectivity index (χ0v) is 9.32. The van der Waals surface area contributed by atoms with Crippen molar-refractivity contribution in [1.82, 2.24) is 0 Å². The topological polar surface area (TPSA) is 9.23 Å². The van der Waals surface area contributed by atoms with Gasteiger partial charge >= 0.3 is 0 Å². The van der Waals surface area contributed by atoms with Crippen LogP contribution in [0.4, 0.5) is 0 Å². The summed E-state index contributed by atoms with van der Waals surface area (Å²) in [6.45, 7) is 6.48. The van der Waals surface area contributed by atoms with Gasteiger partial charge in [-0.3, -0.25) is 0 Å². The predicted octanol–water partition coefficient (Wildman–Crippen LogP) is 1.47. The second-order valence-electron chi connectivity index (χ2n) is 2.32. The van der Waals surface area contributed by atoms with Crippen molar-refractivity contribution in [2.75, 3.05) is 7.11 Å². The fourth-order valence-electron chi connectivity index (χ4n) is 0. The molecule has 0 aromatic rings. The molecule has 0 amide bonds.